The van der Waals surface area contributed by atoms with E-state index >= 15 is 0 Å². The summed E-state index contributed by atoms with van der Waals surface area (Å²) in [5.41, 5.74) is 2.49. The number of carbonyl (C=O) groups is 2. The van der Waals surface area contributed by atoms with E-state index < -0.39 is 11.5 Å². The van der Waals surface area contributed by atoms with Crippen LogP contribution in [0.25, 0.3) is 0 Å². The van der Waals surface area contributed by atoms with Gasteiger partial charge in [-0.2, -0.15) is 0 Å². The molecule has 1 aromatic rings. The number of ketones is 1. The molecule has 0 bridgehead atoms. The zero-order valence-electron chi connectivity index (χ0n) is 12.3. The van der Waals surface area contributed by atoms with Gasteiger partial charge >= 0.3 is 0 Å². The standard InChI is InChI=1S/C18H15N3O2/c22-10-12-2-1-3-13(8-12)16-18-5-7-19-11-21-17(18)15(23)9-14(18)4-6-20-16/h1-10,17,19,21H,11H2. The number of rotatable bonds is 2. The van der Waals surface area contributed by atoms with E-state index in [0.717, 1.165) is 23.1 Å². The Morgan fingerprint density at radius 2 is 2.26 bits per heavy atom. The quantitative estimate of drug-likeness (QED) is 0.809. The predicted molar refractivity (Wildman–Crippen MR) is 87.1 cm³/mol. The van der Waals surface area contributed by atoms with Crippen molar-refractivity contribution in [3.63, 3.8) is 0 Å². The van der Waals surface area contributed by atoms with Crippen molar-refractivity contribution in [3.8, 4) is 0 Å². The Balaban J connectivity index is 1.93. The summed E-state index contributed by atoms with van der Waals surface area (Å²) in [6.45, 7) is 0.515. The first-order chi connectivity index (χ1) is 11.3. The van der Waals surface area contributed by atoms with Gasteiger partial charge < -0.3 is 5.32 Å². The van der Waals surface area contributed by atoms with Gasteiger partial charge in [-0.25, -0.2) is 0 Å². The van der Waals surface area contributed by atoms with Crippen molar-refractivity contribution in [1.82, 2.24) is 10.6 Å². The van der Waals surface area contributed by atoms with Crippen LogP contribution in [0.3, 0.4) is 0 Å². The van der Waals surface area contributed by atoms with E-state index in [-0.39, 0.29) is 5.78 Å². The number of aliphatic imine (C=N–C) groups is 1. The molecule has 4 rings (SSSR count). The summed E-state index contributed by atoms with van der Waals surface area (Å²) in [5, 5.41) is 6.36. The summed E-state index contributed by atoms with van der Waals surface area (Å²) >= 11 is 0. The molecule has 2 N–H and O–H groups in total. The molecule has 2 heterocycles. The van der Waals surface area contributed by atoms with Crippen LogP contribution in [0.1, 0.15) is 15.9 Å². The largest absolute Gasteiger partial charge is 0.379 e. The van der Waals surface area contributed by atoms with E-state index in [0.29, 0.717) is 12.2 Å². The third-order valence-electron chi connectivity index (χ3n) is 4.53. The molecule has 0 aromatic heterocycles. The summed E-state index contributed by atoms with van der Waals surface area (Å²) in [5.74, 6) is 0.0409. The Kier molecular flexibility index (Phi) is 3.09. The highest BCUT2D eigenvalue weighted by Gasteiger charge is 2.52. The van der Waals surface area contributed by atoms with E-state index in [1.54, 1.807) is 18.3 Å². The Labute approximate surface area is 133 Å². The van der Waals surface area contributed by atoms with Crippen molar-refractivity contribution in [2.24, 2.45) is 10.4 Å². The first-order valence-electron chi connectivity index (χ1n) is 7.46. The van der Waals surface area contributed by atoms with Crippen LogP contribution in [0, 0.1) is 5.41 Å². The van der Waals surface area contributed by atoms with E-state index in [4.69, 9.17) is 0 Å². The second-order valence-electron chi connectivity index (χ2n) is 5.76. The van der Waals surface area contributed by atoms with Crippen LogP contribution in [0.5, 0.6) is 0 Å². The van der Waals surface area contributed by atoms with Gasteiger partial charge in [0.2, 0.25) is 0 Å². The van der Waals surface area contributed by atoms with Gasteiger partial charge in [-0.3, -0.25) is 19.9 Å². The Hall–Kier alpha value is -2.79. The second-order valence-corrected chi connectivity index (χ2v) is 5.76. The van der Waals surface area contributed by atoms with Gasteiger partial charge in [-0.15, -0.1) is 0 Å². The second kappa shape index (κ2) is 5.14. The lowest BCUT2D eigenvalue weighted by molar-refractivity contribution is -0.116. The van der Waals surface area contributed by atoms with Gasteiger partial charge in [0, 0.05) is 11.8 Å². The first-order valence-corrected chi connectivity index (χ1v) is 7.46. The molecule has 3 aliphatic rings. The van der Waals surface area contributed by atoms with Crippen molar-refractivity contribution in [2.75, 3.05) is 6.67 Å². The number of aldehydes is 1. The predicted octanol–water partition coefficient (Wildman–Crippen LogP) is 1.34. The molecule has 5 heteroatoms. The van der Waals surface area contributed by atoms with E-state index in [1.807, 2.05) is 36.6 Å². The number of hydrogen-bond donors (Lipinski definition) is 2. The van der Waals surface area contributed by atoms with Gasteiger partial charge in [0.15, 0.2) is 5.78 Å². The number of benzene rings is 1. The van der Waals surface area contributed by atoms with Crippen LogP contribution < -0.4 is 10.6 Å². The molecular formula is C18H15N3O2. The molecule has 0 fully saturated rings. The van der Waals surface area contributed by atoms with Crippen molar-refractivity contribution >= 4 is 17.8 Å². The lowest BCUT2D eigenvalue weighted by atomic mass is 9.70. The van der Waals surface area contributed by atoms with Crippen LogP contribution in [0.2, 0.25) is 0 Å². The van der Waals surface area contributed by atoms with Gasteiger partial charge in [-0.1, -0.05) is 24.3 Å². The Morgan fingerprint density at radius 1 is 1.35 bits per heavy atom. The van der Waals surface area contributed by atoms with E-state index in [9.17, 15) is 9.59 Å². The van der Waals surface area contributed by atoms with Crippen molar-refractivity contribution in [1.29, 1.82) is 0 Å². The van der Waals surface area contributed by atoms with Crippen molar-refractivity contribution < 1.29 is 9.59 Å². The maximum atomic E-state index is 12.5. The number of nitrogens with zero attached hydrogens (tertiary/aromatic N) is 1. The highest BCUT2D eigenvalue weighted by atomic mass is 16.1. The minimum Gasteiger partial charge on any atom is -0.379 e. The SMILES string of the molecule is O=Cc1cccc(C2=NC=CC3=CC(=O)C4NCNC=CC324)c1. The summed E-state index contributed by atoms with van der Waals surface area (Å²) in [6.07, 6.45) is 9.94. The lowest BCUT2D eigenvalue weighted by Gasteiger charge is -2.36. The molecule has 0 saturated heterocycles. The third kappa shape index (κ3) is 1.94. The van der Waals surface area contributed by atoms with Gasteiger partial charge in [-0.05, 0) is 35.6 Å². The van der Waals surface area contributed by atoms with Crippen molar-refractivity contribution in [3.05, 3.63) is 71.6 Å². The Morgan fingerprint density at radius 3 is 3.13 bits per heavy atom. The lowest BCUT2D eigenvalue weighted by Crippen LogP contribution is -2.51. The summed E-state index contributed by atoms with van der Waals surface area (Å²) in [4.78, 5) is 28.2. The average Bonchev–Trinajstić information content (AvgIpc) is 2.73. The van der Waals surface area contributed by atoms with E-state index in [2.05, 4.69) is 15.6 Å². The molecule has 0 amide bonds. The van der Waals surface area contributed by atoms with Crippen LogP contribution in [-0.2, 0) is 4.79 Å². The summed E-state index contributed by atoms with van der Waals surface area (Å²) in [6, 6.07) is 6.92. The topological polar surface area (TPSA) is 70.6 Å². The van der Waals surface area contributed by atoms with Crippen LogP contribution >= 0.6 is 0 Å². The molecule has 1 aromatic carbocycles. The van der Waals surface area contributed by atoms with Crippen LogP contribution in [0.4, 0.5) is 0 Å². The minimum absolute atomic E-state index is 0.0409. The van der Waals surface area contributed by atoms with E-state index in [1.165, 1.54) is 0 Å². The zero-order valence-corrected chi connectivity index (χ0v) is 12.3. The number of allylic oxidation sites excluding steroid dienone is 1. The molecular weight excluding hydrogens is 290 g/mol. The van der Waals surface area contributed by atoms with Gasteiger partial charge in [0.05, 0.1) is 23.8 Å². The molecule has 2 aliphatic heterocycles. The maximum absolute atomic E-state index is 12.5. The molecule has 5 nitrogen and oxygen atoms in total. The minimum atomic E-state index is -0.642. The number of hydrogen-bond acceptors (Lipinski definition) is 5. The third-order valence-corrected chi connectivity index (χ3v) is 4.53. The smallest absolute Gasteiger partial charge is 0.174 e. The number of carbonyl (C=O) groups excluding carboxylic acids is 2. The zero-order chi connectivity index (χ0) is 15.9. The highest BCUT2D eigenvalue weighted by molar-refractivity contribution is 6.17. The monoisotopic (exact) mass is 305 g/mol. The van der Waals surface area contributed by atoms with Crippen molar-refractivity contribution in [2.45, 2.75) is 6.04 Å². The fraction of sp³-hybridized carbons (Fsp3) is 0.167. The average molecular weight is 305 g/mol. The van der Waals surface area contributed by atoms with Crippen LogP contribution in [-0.4, -0.2) is 30.5 Å². The fourth-order valence-corrected chi connectivity index (χ4v) is 3.52. The highest BCUT2D eigenvalue weighted by Crippen LogP contribution is 2.45. The Bertz CT molecular complexity index is 819. The molecule has 23 heavy (non-hydrogen) atoms. The molecule has 2 unspecified atom stereocenters. The number of nitrogens with one attached hydrogen (secondary N) is 2. The van der Waals surface area contributed by atoms with Gasteiger partial charge in [0.25, 0.3) is 0 Å². The summed E-state index contributed by atoms with van der Waals surface area (Å²) in [7, 11) is 0. The molecule has 114 valence electrons. The molecule has 0 saturated carbocycles. The summed E-state index contributed by atoms with van der Waals surface area (Å²) < 4.78 is 0. The first kappa shape index (κ1) is 13.8. The van der Waals surface area contributed by atoms with Gasteiger partial charge in [0.1, 0.15) is 6.29 Å². The normalized spacial score (nSPS) is 28.2. The molecule has 1 aliphatic carbocycles. The molecule has 1 spiro atoms. The fourth-order valence-electron chi connectivity index (χ4n) is 3.52. The molecule has 0 radical (unpaired) electrons. The molecule has 2 atom stereocenters. The maximum Gasteiger partial charge on any atom is 0.174 e. The van der Waals surface area contributed by atoms with Crippen LogP contribution in [0.15, 0.2) is 65.5 Å².